The van der Waals surface area contributed by atoms with Crippen LogP contribution >= 0.6 is 11.6 Å². The van der Waals surface area contributed by atoms with E-state index in [1.54, 1.807) is 13.8 Å². The van der Waals surface area contributed by atoms with E-state index in [1.807, 2.05) is 0 Å². The van der Waals surface area contributed by atoms with Gasteiger partial charge < -0.3 is 20.8 Å². The van der Waals surface area contributed by atoms with Crippen LogP contribution in [0.2, 0.25) is 5.02 Å². The maximum absolute atomic E-state index is 13.8. The highest BCUT2D eigenvalue weighted by Gasteiger charge is 2.69. The molecule has 3 aliphatic rings. The summed E-state index contributed by atoms with van der Waals surface area (Å²) in [6.45, 7) is 4.29. The first kappa shape index (κ1) is 29.6. The summed E-state index contributed by atoms with van der Waals surface area (Å²) in [4.78, 5) is 85.0. The molecular weight excluding hydrogens is 548 g/mol. The zero-order valence-corrected chi connectivity index (χ0v) is 23.2. The number of amides is 2. The molecular formula is C26H31ClN4O9. The lowest BCUT2D eigenvalue weighted by Gasteiger charge is -2.52. The number of rotatable bonds is 6. The van der Waals surface area contributed by atoms with Crippen LogP contribution in [0.4, 0.5) is 10.5 Å². The summed E-state index contributed by atoms with van der Waals surface area (Å²) in [6, 6.07) is 0.189. The summed E-state index contributed by atoms with van der Waals surface area (Å²) < 4.78 is 0. The molecule has 216 valence electrons. The quantitative estimate of drug-likeness (QED) is 0.206. The van der Waals surface area contributed by atoms with Crippen molar-refractivity contribution in [1.82, 2.24) is 9.96 Å². The Morgan fingerprint density at radius 2 is 1.80 bits per heavy atom. The standard InChI is InChI=1S/C26H31ClN4O9/c1-5-31(6-2)40-25(38)29-17-13(27)9-11-7-10-8-12-18(30(3)4)21(34)16(24(28)37)23(36)26(12,39)22(35)15(10)19(32)14(11)20(17)33/h9-10,12,15-16,18,33,39H,5-8H2,1-4H3,(H2,28,37)(H,29,38)/t10?,12?,15?,16?,18-,26-/m0/s1. The van der Waals surface area contributed by atoms with Crippen molar-refractivity contribution in [1.29, 1.82) is 0 Å². The molecule has 13 nitrogen and oxygen atoms in total. The topological polar surface area (TPSA) is 197 Å². The Labute approximate surface area is 234 Å². The second kappa shape index (κ2) is 10.5. The second-order valence-electron chi connectivity index (χ2n) is 10.5. The van der Waals surface area contributed by atoms with Gasteiger partial charge in [0.15, 0.2) is 40.4 Å². The first-order valence-corrected chi connectivity index (χ1v) is 13.2. The first-order valence-electron chi connectivity index (χ1n) is 12.8. The number of hydrogen-bond acceptors (Lipinski definition) is 11. The lowest BCUT2D eigenvalue weighted by atomic mass is 9.52. The molecule has 0 bridgehead atoms. The molecule has 0 heterocycles. The fourth-order valence-electron chi connectivity index (χ4n) is 6.34. The number of nitrogens with one attached hydrogen (secondary N) is 1. The fourth-order valence-corrected chi connectivity index (χ4v) is 6.61. The molecule has 2 fully saturated rings. The van der Waals surface area contributed by atoms with Crippen molar-refractivity contribution in [2.24, 2.45) is 29.4 Å². The molecule has 5 N–H and O–H groups in total. The normalized spacial score (nSPS) is 29.6. The van der Waals surface area contributed by atoms with Crippen molar-refractivity contribution < 1.29 is 43.8 Å². The van der Waals surface area contributed by atoms with Gasteiger partial charge in [0.05, 0.1) is 22.5 Å². The summed E-state index contributed by atoms with van der Waals surface area (Å²) in [5, 5.41) is 26.2. The Morgan fingerprint density at radius 1 is 1.18 bits per heavy atom. The van der Waals surface area contributed by atoms with E-state index in [0.29, 0.717) is 18.7 Å². The molecule has 0 spiro atoms. The Kier molecular flexibility index (Phi) is 7.80. The smallest absolute Gasteiger partial charge is 0.430 e. The fraction of sp³-hybridized carbons (Fsp3) is 0.538. The number of Topliss-reactive ketones (excluding diaryl/α,β-unsaturated/α-hetero) is 4. The molecule has 0 saturated heterocycles. The van der Waals surface area contributed by atoms with Gasteiger partial charge in [0, 0.05) is 19.0 Å². The molecule has 6 atom stereocenters. The molecule has 2 saturated carbocycles. The number of aromatic hydroxyl groups is 1. The van der Waals surface area contributed by atoms with Gasteiger partial charge in [-0.3, -0.25) is 34.2 Å². The number of carbonyl (C=O) groups excluding carboxylic acids is 6. The number of benzene rings is 1. The molecule has 4 unspecified atom stereocenters. The summed E-state index contributed by atoms with van der Waals surface area (Å²) in [5.41, 5.74) is 2.17. The monoisotopic (exact) mass is 578 g/mol. The third-order valence-corrected chi connectivity index (χ3v) is 8.45. The van der Waals surface area contributed by atoms with Crippen LogP contribution in [0.1, 0.15) is 36.2 Å². The maximum Gasteiger partial charge on any atom is 0.430 e. The molecule has 2 amide bonds. The van der Waals surface area contributed by atoms with Gasteiger partial charge in [0.2, 0.25) is 5.91 Å². The Morgan fingerprint density at radius 3 is 2.35 bits per heavy atom. The number of likely N-dealkylation sites (N-methyl/N-ethyl adjacent to an activating group) is 1. The summed E-state index contributed by atoms with van der Waals surface area (Å²) in [5.74, 6) is -11.8. The van der Waals surface area contributed by atoms with Gasteiger partial charge in [-0.2, -0.15) is 0 Å². The number of phenols is 1. The predicted octanol–water partition coefficient (Wildman–Crippen LogP) is 0.326. The first-order chi connectivity index (χ1) is 18.7. The molecule has 0 radical (unpaired) electrons. The number of aliphatic hydroxyl groups is 1. The van der Waals surface area contributed by atoms with E-state index < -0.39 is 76.2 Å². The van der Waals surface area contributed by atoms with Crippen LogP contribution in [-0.4, -0.2) is 94.1 Å². The third kappa shape index (κ3) is 4.37. The van der Waals surface area contributed by atoms with Gasteiger partial charge in [-0.15, -0.1) is 5.06 Å². The number of hydroxylamine groups is 2. The van der Waals surface area contributed by atoms with Gasteiger partial charge in [-0.1, -0.05) is 11.6 Å². The average Bonchev–Trinajstić information content (AvgIpc) is 2.86. The van der Waals surface area contributed by atoms with E-state index in [9.17, 15) is 39.0 Å². The van der Waals surface area contributed by atoms with Crippen molar-refractivity contribution >= 4 is 52.4 Å². The minimum atomic E-state index is -2.83. The zero-order chi connectivity index (χ0) is 29.8. The van der Waals surface area contributed by atoms with Crippen LogP contribution in [0, 0.1) is 23.7 Å². The number of nitrogens with zero attached hydrogens (tertiary/aromatic N) is 2. The number of primary amides is 1. The van der Waals surface area contributed by atoms with Gasteiger partial charge in [-0.05, 0) is 58.3 Å². The summed E-state index contributed by atoms with van der Waals surface area (Å²) in [6.07, 6.45) is -1.01. The molecule has 14 heteroatoms. The Bertz CT molecular complexity index is 1330. The lowest BCUT2D eigenvalue weighted by molar-refractivity contribution is -0.181. The number of halogens is 1. The number of fused-ring (bicyclic) bond motifs is 3. The Hall–Kier alpha value is -3.39. The largest absolute Gasteiger partial charge is 0.505 e. The highest BCUT2D eigenvalue weighted by Crippen LogP contribution is 2.52. The van der Waals surface area contributed by atoms with E-state index in [0.717, 1.165) is 0 Å². The van der Waals surface area contributed by atoms with Crippen molar-refractivity contribution in [3.63, 3.8) is 0 Å². The average molecular weight is 579 g/mol. The van der Waals surface area contributed by atoms with Crippen molar-refractivity contribution in [3.05, 3.63) is 22.2 Å². The summed E-state index contributed by atoms with van der Waals surface area (Å²) in [7, 11) is 3.01. The maximum atomic E-state index is 13.8. The third-order valence-electron chi connectivity index (χ3n) is 8.15. The van der Waals surface area contributed by atoms with Gasteiger partial charge in [0.1, 0.15) is 5.69 Å². The molecule has 1 aromatic carbocycles. The Balaban J connectivity index is 1.76. The van der Waals surface area contributed by atoms with E-state index in [4.69, 9.17) is 22.2 Å². The minimum Gasteiger partial charge on any atom is -0.505 e. The molecule has 3 aliphatic carbocycles. The number of ketones is 4. The van der Waals surface area contributed by atoms with E-state index >= 15 is 0 Å². The van der Waals surface area contributed by atoms with Crippen molar-refractivity contribution in [2.45, 2.75) is 38.3 Å². The zero-order valence-electron chi connectivity index (χ0n) is 22.4. The molecule has 1 aromatic rings. The lowest BCUT2D eigenvalue weighted by Crippen LogP contribution is -2.74. The van der Waals surface area contributed by atoms with Crippen molar-refractivity contribution in [2.75, 3.05) is 32.5 Å². The van der Waals surface area contributed by atoms with Crippen LogP contribution in [-0.2, 0) is 30.4 Å². The number of anilines is 1. The van der Waals surface area contributed by atoms with Crippen LogP contribution < -0.4 is 11.1 Å². The summed E-state index contributed by atoms with van der Waals surface area (Å²) >= 11 is 6.35. The van der Waals surface area contributed by atoms with Gasteiger partial charge in [-0.25, -0.2) is 4.79 Å². The molecule has 4 rings (SSSR count). The number of carbonyl (C=O) groups is 6. The van der Waals surface area contributed by atoms with E-state index in [2.05, 4.69) is 5.32 Å². The van der Waals surface area contributed by atoms with Gasteiger partial charge in [0.25, 0.3) is 0 Å². The van der Waals surface area contributed by atoms with E-state index in [-0.39, 0.29) is 29.1 Å². The van der Waals surface area contributed by atoms with Crippen LogP contribution in [0.5, 0.6) is 5.75 Å². The highest BCUT2D eigenvalue weighted by molar-refractivity contribution is 6.35. The second-order valence-corrected chi connectivity index (χ2v) is 10.9. The SMILES string of the molecule is CCN(CC)OC(=O)Nc1c(Cl)cc2c(c1O)C(=O)C1C(=O)[C@]3(O)C(=O)C(C(N)=O)C(=O)[C@@H](N(C)C)C3CC1C2. The van der Waals surface area contributed by atoms with Crippen LogP contribution in [0.3, 0.4) is 0 Å². The van der Waals surface area contributed by atoms with Crippen LogP contribution in [0.25, 0.3) is 0 Å². The molecule has 0 aromatic heterocycles. The number of phenolic OH excluding ortho intramolecular Hbond substituents is 1. The minimum absolute atomic E-state index is 0.0449. The predicted molar refractivity (Wildman–Crippen MR) is 139 cm³/mol. The van der Waals surface area contributed by atoms with Gasteiger partial charge >= 0.3 is 6.09 Å². The number of nitrogens with two attached hydrogens (primary N) is 1. The highest BCUT2D eigenvalue weighted by atomic mass is 35.5. The van der Waals surface area contributed by atoms with E-state index in [1.165, 1.54) is 30.1 Å². The molecule has 0 aliphatic heterocycles. The van der Waals surface area contributed by atoms with Crippen LogP contribution in [0.15, 0.2) is 6.07 Å². The van der Waals surface area contributed by atoms with Crippen molar-refractivity contribution in [3.8, 4) is 5.75 Å². The number of hydrogen-bond donors (Lipinski definition) is 4. The molecule has 40 heavy (non-hydrogen) atoms.